The van der Waals surface area contributed by atoms with Gasteiger partial charge in [0.2, 0.25) is 11.8 Å². The molecular formula is C14H22N2O2. The summed E-state index contributed by atoms with van der Waals surface area (Å²) < 4.78 is 0. The van der Waals surface area contributed by atoms with Gasteiger partial charge in [0.05, 0.1) is 0 Å². The van der Waals surface area contributed by atoms with Crippen LogP contribution in [0.25, 0.3) is 0 Å². The predicted octanol–water partition coefficient (Wildman–Crippen LogP) is 1.66. The number of amides is 2. The molecule has 0 bridgehead atoms. The van der Waals surface area contributed by atoms with Crippen LogP contribution in [0, 0.1) is 0 Å². The van der Waals surface area contributed by atoms with Crippen molar-refractivity contribution >= 4 is 11.8 Å². The number of nitrogens with one attached hydrogen (secondary N) is 2. The summed E-state index contributed by atoms with van der Waals surface area (Å²) in [4.78, 5) is 23.7. The third-order valence-corrected chi connectivity index (χ3v) is 3.82. The minimum atomic E-state index is -0.345. The largest absolute Gasteiger partial charge is 0.349 e. The standard InChI is InChI=1S/C14H22N2O2/c1-14(9-5-2-6-10-14)16-13(18)11-7-3-4-8-12(17)15-11/h2,5,11H,3-4,6-10H2,1H3,(H,15,17)(H,16,18)/t11-,14-/m0/s1. The van der Waals surface area contributed by atoms with Crippen LogP contribution in [0.2, 0.25) is 0 Å². The molecule has 0 aromatic heterocycles. The van der Waals surface area contributed by atoms with Gasteiger partial charge in [0, 0.05) is 12.0 Å². The highest BCUT2D eigenvalue weighted by molar-refractivity contribution is 5.88. The minimum Gasteiger partial charge on any atom is -0.349 e. The molecule has 4 nitrogen and oxygen atoms in total. The fourth-order valence-electron chi connectivity index (χ4n) is 2.63. The molecule has 1 fully saturated rings. The molecule has 1 saturated heterocycles. The maximum atomic E-state index is 12.2. The average molecular weight is 250 g/mol. The first-order valence-corrected chi connectivity index (χ1v) is 6.85. The van der Waals surface area contributed by atoms with E-state index in [2.05, 4.69) is 29.7 Å². The molecule has 4 heteroatoms. The first-order chi connectivity index (χ1) is 8.59. The van der Waals surface area contributed by atoms with Crippen LogP contribution < -0.4 is 10.6 Å². The highest BCUT2D eigenvalue weighted by Gasteiger charge is 2.30. The number of carbonyl (C=O) groups is 2. The molecule has 0 aromatic rings. The number of rotatable bonds is 2. The van der Waals surface area contributed by atoms with Gasteiger partial charge >= 0.3 is 0 Å². The monoisotopic (exact) mass is 250 g/mol. The van der Waals surface area contributed by atoms with E-state index in [1.807, 2.05) is 0 Å². The molecule has 0 unspecified atom stereocenters. The van der Waals surface area contributed by atoms with Gasteiger partial charge in [0.15, 0.2) is 0 Å². The molecule has 2 N–H and O–H groups in total. The molecule has 0 radical (unpaired) electrons. The first-order valence-electron chi connectivity index (χ1n) is 6.85. The lowest BCUT2D eigenvalue weighted by atomic mass is 9.87. The molecule has 1 aliphatic heterocycles. The van der Waals surface area contributed by atoms with Crippen molar-refractivity contribution in [2.75, 3.05) is 0 Å². The lowest BCUT2D eigenvalue weighted by Gasteiger charge is -2.33. The summed E-state index contributed by atoms with van der Waals surface area (Å²) >= 11 is 0. The van der Waals surface area contributed by atoms with E-state index >= 15 is 0 Å². The van der Waals surface area contributed by atoms with Crippen LogP contribution in [0.3, 0.4) is 0 Å². The Morgan fingerprint density at radius 2 is 2.28 bits per heavy atom. The molecule has 2 aliphatic rings. The first kappa shape index (κ1) is 13.1. The Bertz CT molecular complexity index is 365. The van der Waals surface area contributed by atoms with Gasteiger partial charge in [-0.2, -0.15) is 0 Å². The Kier molecular flexibility index (Phi) is 4.04. The quantitative estimate of drug-likeness (QED) is 0.732. The van der Waals surface area contributed by atoms with Gasteiger partial charge in [-0.3, -0.25) is 9.59 Å². The highest BCUT2D eigenvalue weighted by Crippen LogP contribution is 2.23. The van der Waals surface area contributed by atoms with Crippen molar-refractivity contribution in [2.45, 2.75) is 63.5 Å². The minimum absolute atomic E-state index is 0.00124. The highest BCUT2D eigenvalue weighted by atomic mass is 16.2. The molecular weight excluding hydrogens is 228 g/mol. The van der Waals surface area contributed by atoms with Crippen LogP contribution in [-0.2, 0) is 9.59 Å². The van der Waals surface area contributed by atoms with Crippen LogP contribution in [0.5, 0.6) is 0 Å². The zero-order chi connectivity index (χ0) is 13.0. The maximum Gasteiger partial charge on any atom is 0.243 e. The SMILES string of the molecule is C[C@]1(NC(=O)[C@@H]2CCCCC(=O)N2)CC=CCC1. The summed E-state index contributed by atoms with van der Waals surface area (Å²) in [5.41, 5.74) is -0.150. The van der Waals surface area contributed by atoms with Gasteiger partial charge in [-0.1, -0.05) is 18.6 Å². The van der Waals surface area contributed by atoms with E-state index in [-0.39, 0.29) is 23.4 Å². The van der Waals surface area contributed by atoms with E-state index in [9.17, 15) is 9.59 Å². The third kappa shape index (κ3) is 3.34. The molecule has 0 saturated carbocycles. The van der Waals surface area contributed by atoms with Gasteiger partial charge in [-0.25, -0.2) is 0 Å². The van der Waals surface area contributed by atoms with Crippen molar-refractivity contribution in [3.05, 3.63) is 12.2 Å². The van der Waals surface area contributed by atoms with E-state index in [1.54, 1.807) is 0 Å². The number of hydrogen-bond donors (Lipinski definition) is 2. The fourth-order valence-corrected chi connectivity index (χ4v) is 2.63. The molecule has 2 amide bonds. The summed E-state index contributed by atoms with van der Waals surface area (Å²) in [7, 11) is 0. The molecule has 0 spiro atoms. The van der Waals surface area contributed by atoms with Crippen LogP contribution in [0.4, 0.5) is 0 Å². The molecule has 100 valence electrons. The van der Waals surface area contributed by atoms with Crippen molar-refractivity contribution in [2.24, 2.45) is 0 Å². The number of allylic oxidation sites excluding steroid dienone is 1. The number of hydrogen-bond acceptors (Lipinski definition) is 2. The van der Waals surface area contributed by atoms with Crippen molar-refractivity contribution in [1.82, 2.24) is 10.6 Å². The van der Waals surface area contributed by atoms with Gasteiger partial charge in [-0.05, 0) is 39.0 Å². The second-order valence-electron chi connectivity index (χ2n) is 5.63. The Morgan fingerprint density at radius 3 is 3.00 bits per heavy atom. The van der Waals surface area contributed by atoms with Crippen molar-refractivity contribution < 1.29 is 9.59 Å². The van der Waals surface area contributed by atoms with Gasteiger partial charge in [0.1, 0.15) is 6.04 Å². The van der Waals surface area contributed by atoms with E-state index < -0.39 is 0 Å². The maximum absolute atomic E-state index is 12.2. The fraction of sp³-hybridized carbons (Fsp3) is 0.714. The van der Waals surface area contributed by atoms with Crippen LogP contribution in [-0.4, -0.2) is 23.4 Å². The van der Waals surface area contributed by atoms with Gasteiger partial charge in [0.25, 0.3) is 0 Å². The van der Waals surface area contributed by atoms with E-state index in [0.29, 0.717) is 6.42 Å². The van der Waals surface area contributed by atoms with Gasteiger partial charge in [-0.15, -0.1) is 0 Å². The third-order valence-electron chi connectivity index (χ3n) is 3.82. The van der Waals surface area contributed by atoms with Crippen molar-refractivity contribution in [1.29, 1.82) is 0 Å². The average Bonchev–Trinajstić information content (AvgIpc) is 2.54. The Morgan fingerprint density at radius 1 is 1.44 bits per heavy atom. The summed E-state index contributed by atoms with van der Waals surface area (Å²) in [5.74, 6) is -0.0237. The van der Waals surface area contributed by atoms with Gasteiger partial charge < -0.3 is 10.6 Å². The Balaban J connectivity index is 1.94. The molecule has 2 rings (SSSR count). The molecule has 0 aromatic carbocycles. The Hall–Kier alpha value is -1.32. The van der Waals surface area contributed by atoms with Crippen LogP contribution in [0.15, 0.2) is 12.2 Å². The lowest BCUT2D eigenvalue weighted by Crippen LogP contribution is -2.54. The van der Waals surface area contributed by atoms with Crippen molar-refractivity contribution in [3.63, 3.8) is 0 Å². The topological polar surface area (TPSA) is 58.2 Å². The lowest BCUT2D eigenvalue weighted by molar-refractivity contribution is -0.129. The van der Waals surface area contributed by atoms with Crippen LogP contribution in [0.1, 0.15) is 51.9 Å². The summed E-state index contributed by atoms with van der Waals surface area (Å²) in [6.07, 6.45) is 10.2. The second kappa shape index (κ2) is 5.55. The Labute approximate surface area is 108 Å². The zero-order valence-corrected chi connectivity index (χ0v) is 11.0. The summed E-state index contributed by atoms with van der Waals surface area (Å²) in [6.45, 7) is 2.08. The van der Waals surface area contributed by atoms with Crippen LogP contribution >= 0.6 is 0 Å². The van der Waals surface area contributed by atoms with Crippen molar-refractivity contribution in [3.8, 4) is 0 Å². The summed E-state index contributed by atoms with van der Waals surface area (Å²) in [5, 5.41) is 5.92. The predicted molar refractivity (Wildman–Crippen MR) is 69.9 cm³/mol. The van der Waals surface area contributed by atoms with E-state index in [0.717, 1.165) is 38.5 Å². The second-order valence-corrected chi connectivity index (χ2v) is 5.63. The molecule has 18 heavy (non-hydrogen) atoms. The van der Waals surface area contributed by atoms with E-state index in [4.69, 9.17) is 0 Å². The normalized spacial score (nSPS) is 32.5. The number of carbonyl (C=O) groups excluding carboxylic acids is 2. The summed E-state index contributed by atoms with van der Waals surface area (Å²) in [6, 6.07) is -0.345. The smallest absolute Gasteiger partial charge is 0.243 e. The molecule has 1 aliphatic carbocycles. The molecule has 2 atom stereocenters. The van der Waals surface area contributed by atoms with E-state index in [1.165, 1.54) is 0 Å². The molecule has 1 heterocycles. The zero-order valence-electron chi connectivity index (χ0n) is 11.0.